The Balaban J connectivity index is 1.52. The second-order valence-corrected chi connectivity index (χ2v) is 10.6. The Hall–Kier alpha value is -4.19. The molecule has 0 atom stereocenters. The Morgan fingerprint density at radius 2 is 1.79 bits per heavy atom. The van der Waals surface area contributed by atoms with Crippen molar-refractivity contribution < 1.29 is 9.90 Å². The lowest BCUT2D eigenvalue weighted by Crippen LogP contribution is -2.13. The summed E-state index contributed by atoms with van der Waals surface area (Å²) in [5.41, 5.74) is 7.07. The van der Waals surface area contributed by atoms with E-state index < -0.39 is 5.97 Å². The molecule has 39 heavy (non-hydrogen) atoms. The number of aromatic carboxylic acids is 1. The molecule has 1 aliphatic rings. The summed E-state index contributed by atoms with van der Waals surface area (Å²) in [5.74, 6) is 1.09. The minimum absolute atomic E-state index is 0.304. The zero-order chi connectivity index (χ0) is 26.9. The largest absolute Gasteiger partial charge is 0.478 e. The Bertz CT molecular complexity index is 1660. The van der Waals surface area contributed by atoms with Crippen molar-refractivity contribution in [3.63, 3.8) is 0 Å². The summed E-state index contributed by atoms with van der Waals surface area (Å²) in [6.45, 7) is 4.24. The summed E-state index contributed by atoms with van der Waals surface area (Å²) in [7, 11) is 0. The number of rotatable bonds is 7. The first-order valence-electron chi connectivity index (χ1n) is 14.0. The molecule has 6 rings (SSSR count). The van der Waals surface area contributed by atoms with Gasteiger partial charge in [0.15, 0.2) is 0 Å². The fourth-order valence-corrected chi connectivity index (χ4v) is 6.18. The number of hydrogen-bond acceptors (Lipinski definition) is 3. The molecule has 0 amide bonds. The average molecular weight is 519 g/mol. The number of hydrogen-bond donors (Lipinski definition) is 1. The van der Waals surface area contributed by atoms with Crippen molar-refractivity contribution in [2.24, 2.45) is 0 Å². The first-order valence-corrected chi connectivity index (χ1v) is 14.0. The van der Waals surface area contributed by atoms with Crippen molar-refractivity contribution in [1.29, 1.82) is 0 Å². The van der Waals surface area contributed by atoms with Crippen LogP contribution in [-0.2, 0) is 6.42 Å². The number of carboxylic acid groups (broad SMARTS) is 1. The van der Waals surface area contributed by atoms with Crippen LogP contribution in [0.2, 0.25) is 0 Å². The summed E-state index contributed by atoms with van der Waals surface area (Å²) in [5, 5.41) is 9.84. The van der Waals surface area contributed by atoms with Crippen LogP contribution < -0.4 is 0 Å². The third-order valence-electron chi connectivity index (χ3n) is 8.09. The maximum Gasteiger partial charge on any atom is 0.336 e. The molecule has 0 unspecified atom stereocenters. The van der Waals surface area contributed by atoms with Crippen LogP contribution in [0.4, 0.5) is 0 Å². The van der Waals surface area contributed by atoms with Gasteiger partial charge in [-0.2, -0.15) is 0 Å². The topological polar surface area (TPSA) is 72.9 Å². The van der Waals surface area contributed by atoms with Gasteiger partial charge in [-0.25, -0.2) is 14.8 Å². The Morgan fingerprint density at radius 3 is 2.59 bits per heavy atom. The molecule has 5 aromatic rings. The van der Waals surface area contributed by atoms with Crippen LogP contribution in [0.1, 0.15) is 73.2 Å². The van der Waals surface area contributed by atoms with E-state index in [4.69, 9.17) is 9.97 Å². The number of carboxylic acids is 1. The van der Waals surface area contributed by atoms with Crippen LogP contribution in [0.3, 0.4) is 0 Å². The van der Waals surface area contributed by atoms with E-state index in [0.717, 1.165) is 63.5 Å². The SMILES string of the molecule is CCCc1nc2ccc(-c3nccn3C3CCCCC3)cc2n1-c1cccc(-c2ccccc2C(=O)O)c1C. The van der Waals surface area contributed by atoms with Gasteiger partial charge in [-0.15, -0.1) is 0 Å². The van der Waals surface area contributed by atoms with Gasteiger partial charge in [-0.3, -0.25) is 4.57 Å². The van der Waals surface area contributed by atoms with Crippen molar-refractivity contribution in [2.45, 2.75) is 64.8 Å². The minimum atomic E-state index is -0.923. The average Bonchev–Trinajstić information content (AvgIpc) is 3.59. The Kier molecular flexibility index (Phi) is 6.77. The Morgan fingerprint density at radius 1 is 1.00 bits per heavy atom. The molecule has 3 aromatic carbocycles. The van der Waals surface area contributed by atoms with Crippen molar-refractivity contribution in [2.75, 3.05) is 0 Å². The smallest absolute Gasteiger partial charge is 0.336 e. The third-order valence-corrected chi connectivity index (χ3v) is 8.09. The number of nitrogens with zero attached hydrogens (tertiary/aromatic N) is 4. The van der Waals surface area contributed by atoms with Gasteiger partial charge >= 0.3 is 5.97 Å². The molecule has 1 fully saturated rings. The molecule has 0 radical (unpaired) electrons. The summed E-state index contributed by atoms with van der Waals surface area (Å²) < 4.78 is 4.63. The molecule has 0 spiro atoms. The number of imidazole rings is 2. The lowest BCUT2D eigenvalue weighted by molar-refractivity contribution is 0.0697. The standard InChI is InChI=1S/C33H34N4O2/c1-3-10-31-35-28-18-17-23(32-34-19-20-36(32)24-11-5-4-6-12-24)21-30(28)37(31)29-16-9-15-25(22(29)2)26-13-7-8-14-27(26)33(38)39/h7-9,13-21,24H,3-6,10-12H2,1-2H3,(H,38,39). The lowest BCUT2D eigenvalue weighted by atomic mass is 9.94. The zero-order valence-electron chi connectivity index (χ0n) is 22.6. The second kappa shape index (κ2) is 10.5. The Labute approximate surface area is 229 Å². The molecule has 2 heterocycles. The zero-order valence-corrected chi connectivity index (χ0v) is 22.6. The summed E-state index contributed by atoms with van der Waals surface area (Å²) >= 11 is 0. The number of benzene rings is 3. The molecule has 0 aliphatic heterocycles. The highest BCUT2D eigenvalue weighted by Gasteiger charge is 2.21. The van der Waals surface area contributed by atoms with Crippen LogP contribution in [-0.4, -0.2) is 30.2 Å². The van der Waals surface area contributed by atoms with Gasteiger partial charge in [0.05, 0.1) is 22.3 Å². The molecule has 0 bridgehead atoms. The van der Waals surface area contributed by atoms with Crippen molar-refractivity contribution in [1.82, 2.24) is 19.1 Å². The number of carbonyl (C=O) groups is 1. The van der Waals surface area contributed by atoms with Gasteiger partial charge in [-0.1, -0.05) is 56.5 Å². The quantitative estimate of drug-likeness (QED) is 0.237. The molecular formula is C33H34N4O2. The summed E-state index contributed by atoms with van der Waals surface area (Å²) in [6, 6.07) is 20.3. The molecule has 6 heteroatoms. The summed E-state index contributed by atoms with van der Waals surface area (Å²) in [4.78, 5) is 21.8. The van der Waals surface area contributed by atoms with Crippen molar-refractivity contribution in [3.05, 3.63) is 90.0 Å². The van der Waals surface area contributed by atoms with Gasteiger partial charge < -0.3 is 9.67 Å². The maximum absolute atomic E-state index is 12.0. The molecule has 0 saturated heterocycles. The fourth-order valence-electron chi connectivity index (χ4n) is 6.18. The fraction of sp³-hybridized carbons (Fsp3) is 0.303. The number of fused-ring (bicyclic) bond motifs is 1. The van der Waals surface area contributed by atoms with Gasteiger partial charge in [-0.05, 0) is 73.2 Å². The molecule has 6 nitrogen and oxygen atoms in total. The van der Waals surface area contributed by atoms with E-state index in [1.165, 1.54) is 32.1 Å². The van der Waals surface area contributed by atoms with Gasteiger partial charge in [0.2, 0.25) is 0 Å². The molecule has 1 aliphatic carbocycles. The van der Waals surface area contributed by atoms with Gasteiger partial charge in [0, 0.05) is 30.4 Å². The predicted octanol–water partition coefficient (Wildman–Crippen LogP) is 8.02. The van der Waals surface area contributed by atoms with Gasteiger partial charge in [0.25, 0.3) is 0 Å². The van der Waals surface area contributed by atoms with E-state index in [1.807, 2.05) is 30.5 Å². The van der Waals surface area contributed by atoms with Crippen molar-refractivity contribution >= 4 is 17.0 Å². The maximum atomic E-state index is 12.0. The van der Waals surface area contributed by atoms with E-state index in [2.05, 4.69) is 53.4 Å². The van der Waals surface area contributed by atoms with Crippen LogP contribution >= 0.6 is 0 Å². The van der Waals surface area contributed by atoms with E-state index in [-0.39, 0.29) is 0 Å². The lowest BCUT2D eigenvalue weighted by Gasteiger charge is -2.24. The predicted molar refractivity (Wildman–Crippen MR) is 156 cm³/mol. The van der Waals surface area contributed by atoms with Crippen LogP contribution in [0.15, 0.2) is 73.1 Å². The van der Waals surface area contributed by atoms with Crippen molar-refractivity contribution in [3.8, 4) is 28.2 Å². The first kappa shape index (κ1) is 25.1. The highest BCUT2D eigenvalue weighted by Crippen LogP contribution is 2.36. The number of aromatic nitrogens is 4. The highest BCUT2D eigenvalue weighted by atomic mass is 16.4. The van der Waals surface area contributed by atoms with Gasteiger partial charge in [0.1, 0.15) is 11.6 Å². The minimum Gasteiger partial charge on any atom is -0.478 e. The monoisotopic (exact) mass is 518 g/mol. The third kappa shape index (κ3) is 4.54. The molecular weight excluding hydrogens is 484 g/mol. The van der Waals surface area contributed by atoms with Crippen LogP contribution in [0.5, 0.6) is 0 Å². The van der Waals surface area contributed by atoms with Crippen LogP contribution in [0.25, 0.3) is 39.2 Å². The molecule has 198 valence electrons. The molecule has 1 N–H and O–H groups in total. The van der Waals surface area contributed by atoms with Crippen LogP contribution in [0, 0.1) is 6.92 Å². The second-order valence-electron chi connectivity index (χ2n) is 10.6. The number of aryl methyl sites for hydroxylation is 1. The summed E-state index contributed by atoms with van der Waals surface area (Å²) in [6.07, 6.45) is 12.1. The molecule has 2 aromatic heterocycles. The van der Waals surface area contributed by atoms with E-state index in [1.54, 1.807) is 12.1 Å². The van der Waals surface area contributed by atoms with E-state index in [0.29, 0.717) is 11.6 Å². The first-order chi connectivity index (χ1) is 19.1. The van der Waals surface area contributed by atoms with E-state index in [9.17, 15) is 9.90 Å². The highest BCUT2D eigenvalue weighted by molar-refractivity contribution is 5.97. The normalized spacial score (nSPS) is 14.2. The molecule has 1 saturated carbocycles. The van der Waals surface area contributed by atoms with E-state index >= 15 is 0 Å².